The Labute approximate surface area is 133 Å². The van der Waals surface area contributed by atoms with Crippen molar-refractivity contribution in [3.8, 4) is 0 Å². The maximum Gasteiger partial charge on any atom is 0.416 e. The van der Waals surface area contributed by atoms with Gasteiger partial charge in [0.15, 0.2) is 0 Å². The molecule has 1 aliphatic heterocycles. The fraction of sp³-hybridized carbons (Fsp3) is 0.231. The van der Waals surface area contributed by atoms with Crippen LogP contribution >= 0.6 is 22.9 Å². The van der Waals surface area contributed by atoms with Gasteiger partial charge < -0.3 is 5.32 Å². The third-order valence-electron chi connectivity index (χ3n) is 2.78. The van der Waals surface area contributed by atoms with Crippen LogP contribution in [0.5, 0.6) is 0 Å². The summed E-state index contributed by atoms with van der Waals surface area (Å²) in [5, 5.41) is 2.63. The quantitative estimate of drug-likeness (QED) is 0.617. The van der Waals surface area contributed by atoms with Crippen molar-refractivity contribution in [3.05, 3.63) is 53.5 Å². The number of allylic oxidation sites excluding steroid dienone is 2. The number of rotatable bonds is 3. The average molecular weight is 409 g/mol. The Hall–Kier alpha value is -1.58. The van der Waals surface area contributed by atoms with Crippen LogP contribution < -0.4 is 5.32 Å². The summed E-state index contributed by atoms with van der Waals surface area (Å²) in [6.45, 7) is -0.00944. The third kappa shape index (κ3) is 3.96. The molecule has 8 heteroatoms. The van der Waals surface area contributed by atoms with Crippen molar-refractivity contribution in [2.75, 3.05) is 6.54 Å². The highest BCUT2D eigenvalue weighted by Crippen LogP contribution is 2.31. The van der Waals surface area contributed by atoms with Crippen molar-refractivity contribution in [1.29, 1.82) is 0 Å². The zero-order valence-electron chi connectivity index (χ0n) is 10.7. The highest BCUT2D eigenvalue weighted by atomic mass is 127. The first-order valence-corrected chi connectivity index (χ1v) is 6.94. The van der Waals surface area contributed by atoms with Crippen LogP contribution in [0, 0.1) is 0 Å². The number of carbonyl (C=O) groups is 1. The molecule has 0 fully saturated rings. The van der Waals surface area contributed by atoms with E-state index in [-0.39, 0.29) is 18.7 Å². The molecule has 1 amide bonds. The lowest BCUT2D eigenvalue weighted by atomic mass is 10.0. The minimum absolute atomic E-state index is 0.137. The van der Waals surface area contributed by atoms with Gasteiger partial charge in [0.25, 0.3) is 5.91 Å². The number of amides is 1. The van der Waals surface area contributed by atoms with Gasteiger partial charge in [-0.1, -0.05) is 6.07 Å². The van der Waals surface area contributed by atoms with Gasteiger partial charge in [-0.3, -0.25) is 12.9 Å². The Morgan fingerprint density at radius 1 is 1.43 bits per heavy atom. The molecule has 0 spiro atoms. The molecule has 4 nitrogen and oxygen atoms in total. The van der Waals surface area contributed by atoms with Gasteiger partial charge in [0.2, 0.25) is 0 Å². The predicted molar refractivity (Wildman–Crippen MR) is 79.0 cm³/mol. The SMILES string of the molecule is O=C(C1=C(C(F)(F)F)C=CNC1)N(I)Cc1ccccn1. The monoisotopic (exact) mass is 409 g/mol. The standard InChI is InChI=1S/C13H11F3IN3O/c14-13(15,16)11-4-6-18-7-10(11)12(21)20(17)8-9-3-1-2-5-19-9/h1-6,18H,7-8H2. The summed E-state index contributed by atoms with van der Waals surface area (Å²) in [5.74, 6) is -0.676. The van der Waals surface area contributed by atoms with Crippen LogP contribution in [-0.2, 0) is 11.3 Å². The maximum absolute atomic E-state index is 12.9. The first-order valence-electron chi connectivity index (χ1n) is 5.97. The summed E-state index contributed by atoms with van der Waals surface area (Å²) >= 11 is 1.70. The first kappa shape index (κ1) is 15.8. The molecule has 0 bridgehead atoms. The number of hydrogen-bond acceptors (Lipinski definition) is 3. The Kier molecular flexibility index (Phi) is 4.86. The molecule has 2 heterocycles. The Balaban J connectivity index is 2.21. The molecule has 2 rings (SSSR count). The van der Waals surface area contributed by atoms with Crippen molar-refractivity contribution in [2.45, 2.75) is 12.7 Å². The molecule has 1 aliphatic rings. The Morgan fingerprint density at radius 2 is 2.19 bits per heavy atom. The summed E-state index contributed by atoms with van der Waals surface area (Å²) in [4.78, 5) is 16.3. The summed E-state index contributed by atoms with van der Waals surface area (Å²) in [6, 6.07) is 5.18. The molecular weight excluding hydrogens is 398 g/mol. The van der Waals surface area contributed by atoms with E-state index in [2.05, 4.69) is 10.3 Å². The van der Waals surface area contributed by atoms with E-state index in [0.29, 0.717) is 5.69 Å². The molecule has 0 radical (unpaired) electrons. The van der Waals surface area contributed by atoms with Gasteiger partial charge in [0, 0.05) is 18.3 Å². The normalized spacial score (nSPS) is 14.9. The summed E-state index contributed by atoms with van der Waals surface area (Å²) in [7, 11) is 0. The molecule has 112 valence electrons. The summed E-state index contributed by atoms with van der Waals surface area (Å²) < 4.78 is 40.0. The second kappa shape index (κ2) is 6.46. The van der Waals surface area contributed by atoms with Gasteiger partial charge in [-0.15, -0.1) is 0 Å². The van der Waals surface area contributed by atoms with Crippen molar-refractivity contribution in [3.63, 3.8) is 0 Å². The van der Waals surface area contributed by atoms with Crippen LogP contribution in [0.25, 0.3) is 0 Å². The van der Waals surface area contributed by atoms with Crippen LogP contribution in [-0.4, -0.2) is 26.7 Å². The van der Waals surface area contributed by atoms with E-state index in [1.54, 1.807) is 47.3 Å². The van der Waals surface area contributed by atoms with Gasteiger partial charge in [0.1, 0.15) is 0 Å². The fourth-order valence-corrected chi connectivity index (χ4v) is 2.45. The van der Waals surface area contributed by atoms with E-state index in [1.165, 1.54) is 9.31 Å². The number of hydrogen-bond donors (Lipinski definition) is 1. The smallest absolute Gasteiger partial charge is 0.387 e. The second-order valence-electron chi connectivity index (χ2n) is 4.25. The Morgan fingerprint density at radius 3 is 2.81 bits per heavy atom. The number of aromatic nitrogens is 1. The molecule has 1 aromatic heterocycles. The highest BCUT2D eigenvalue weighted by Gasteiger charge is 2.38. The van der Waals surface area contributed by atoms with E-state index in [4.69, 9.17) is 0 Å². The predicted octanol–water partition coefficient (Wildman–Crippen LogP) is 2.74. The van der Waals surface area contributed by atoms with Crippen molar-refractivity contribution in [1.82, 2.24) is 13.4 Å². The lowest BCUT2D eigenvalue weighted by Gasteiger charge is -2.22. The summed E-state index contributed by atoms with van der Waals surface area (Å²) in [6.07, 6.45) is -0.917. The molecule has 0 aliphatic carbocycles. The summed E-state index contributed by atoms with van der Waals surface area (Å²) in [5.41, 5.74) is -0.599. The van der Waals surface area contributed by atoms with Gasteiger partial charge >= 0.3 is 6.18 Å². The molecule has 1 N–H and O–H groups in total. The molecule has 0 atom stereocenters. The van der Waals surface area contributed by atoms with Gasteiger partial charge in [-0.2, -0.15) is 13.2 Å². The number of alkyl halides is 3. The van der Waals surface area contributed by atoms with Gasteiger partial charge in [-0.05, 0) is 24.4 Å². The van der Waals surface area contributed by atoms with Crippen molar-refractivity contribution < 1.29 is 18.0 Å². The number of nitrogens with zero attached hydrogens (tertiary/aromatic N) is 2. The number of pyridine rings is 1. The molecule has 1 aromatic rings. The lowest BCUT2D eigenvalue weighted by Crippen LogP contribution is -2.32. The minimum atomic E-state index is -4.55. The average Bonchev–Trinajstić information content (AvgIpc) is 2.46. The molecule has 0 unspecified atom stereocenters. The zero-order valence-corrected chi connectivity index (χ0v) is 12.9. The van der Waals surface area contributed by atoms with Gasteiger partial charge in [-0.25, -0.2) is 0 Å². The number of carbonyl (C=O) groups excluding carboxylic acids is 1. The second-order valence-corrected chi connectivity index (χ2v) is 5.42. The zero-order chi connectivity index (χ0) is 15.5. The van der Waals surface area contributed by atoms with E-state index in [1.807, 2.05) is 0 Å². The van der Waals surface area contributed by atoms with Crippen LogP contribution in [0.3, 0.4) is 0 Å². The highest BCUT2D eigenvalue weighted by molar-refractivity contribution is 14.1. The van der Waals surface area contributed by atoms with E-state index in [0.717, 1.165) is 6.08 Å². The van der Waals surface area contributed by atoms with Crippen molar-refractivity contribution >= 4 is 28.8 Å². The maximum atomic E-state index is 12.9. The fourth-order valence-electron chi connectivity index (χ4n) is 1.81. The number of halogens is 4. The third-order valence-corrected chi connectivity index (χ3v) is 3.56. The van der Waals surface area contributed by atoms with E-state index in [9.17, 15) is 18.0 Å². The van der Waals surface area contributed by atoms with E-state index < -0.39 is 17.7 Å². The molecule has 21 heavy (non-hydrogen) atoms. The molecule has 0 saturated carbocycles. The largest absolute Gasteiger partial charge is 0.416 e. The van der Waals surface area contributed by atoms with Crippen LogP contribution in [0.15, 0.2) is 47.8 Å². The van der Waals surface area contributed by atoms with Gasteiger partial charge in [0.05, 0.1) is 40.7 Å². The minimum Gasteiger partial charge on any atom is -0.387 e. The van der Waals surface area contributed by atoms with Crippen LogP contribution in [0.2, 0.25) is 0 Å². The lowest BCUT2D eigenvalue weighted by molar-refractivity contribution is -0.123. The number of dihydropyridines is 1. The first-order chi connectivity index (χ1) is 9.89. The van der Waals surface area contributed by atoms with Crippen LogP contribution in [0.4, 0.5) is 13.2 Å². The van der Waals surface area contributed by atoms with Crippen LogP contribution in [0.1, 0.15) is 5.69 Å². The Bertz CT molecular complexity index is 584. The van der Waals surface area contributed by atoms with E-state index >= 15 is 0 Å². The topological polar surface area (TPSA) is 45.2 Å². The van der Waals surface area contributed by atoms with Crippen molar-refractivity contribution in [2.24, 2.45) is 0 Å². The molecule has 0 aromatic carbocycles. The number of nitrogens with one attached hydrogen (secondary N) is 1. The molecular formula is C13H11F3IN3O. The molecule has 0 saturated heterocycles.